The molecule has 2 N–H and O–H groups in total. The lowest BCUT2D eigenvalue weighted by Gasteiger charge is -2.61. The smallest absolute Gasteiger partial charge is 0.493 e. The van der Waals surface area contributed by atoms with Gasteiger partial charge in [-0.2, -0.15) is 0 Å². The van der Waals surface area contributed by atoms with Crippen LogP contribution in [0.4, 0.5) is 4.79 Å². The molecule has 11 nitrogen and oxygen atoms in total. The Labute approximate surface area is 262 Å². The lowest BCUT2D eigenvalue weighted by molar-refractivity contribution is -0.169. The maximum absolute atomic E-state index is 13.1. The average molecular weight is 621 g/mol. The Kier molecular flexibility index (Phi) is 7.81. The Balaban J connectivity index is 1.15. The number of piperidine rings is 1. The Morgan fingerprint density at radius 3 is 2.62 bits per heavy atom. The van der Waals surface area contributed by atoms with Crippen LogP contribution in [0.3, 0.4) is 0 Å². The summed E-state index contributed by atoms with van der Waals surface area (Å²) in [7, 11) is 3.61. The Morgan fingerprint density at radius 2 is 1.91 bits per heavy atom. The number of carbonyl (C=O) groups is 3. The quantitative estimate of drug-likeness (QED) is 0.421. The second-order valence-corrected chi connectivity index (χ2v) is 13.2. The van der Waals surface area contributed by atoms with Crippen LogP contribution in [0, 0.1) is 0 Å². The van der Waals surface area contributed by atoms with Crippen LogP contribution in [-0.2, 0) is 35.6 Å². The van der Waals surface area contributed by atoms with E-state index in [9.17, 15) is 19.5 Å². The monoisotopic (exact) mass is 620 g/mol. The highest BCUT2D eigenvalue weighted by molar-refractivity contribution is 5.84. The van der Waals surface area contributed by atoms with Crippen LogP contribution >= 0.6 is 0 Å². The average Bonchev–Trinajstić information content (AvgIpc) is 3.34. The number of esters is 1. The third kappa shape index (κ3) is 5.21. The number of hydrogen-bond acceptors (Lipinski definition) is 10. The Morgan fingerprint density at radius 1 is 1.16 bits per heavy atom. The highest BCUT2D eigenvalue weighted by Crippen LogP contribution is 2.65. The molecule has 1 fully saturated rings. The van der Waals surface area contributed by atoms with Crippen LogP contribution in [0.25, 0.3) is 0 Å². The van der Waals surface area contributed by atoms with Crippen molar-refractivity contribution in [2.45, 2.75) is 81.3 Å². The van der Waals surface area contributed by atoms with Gasteiger partial charge in [0.2, 0.25) is 6.10 Å². The molecule has 2 bridgehead atoms. The number of hydrogen-bond donors (Lipinski definition) is 2. The van der Waals surface area contributed by atoms with E-state index >= 15 is 0 Å². The van der Waals surface area contributed by atoms with Crippen molar-refractivity contribution >= 4 is 18.0 Å². The number of aliphatic hydroxyl groups is 1. The minimum atomic E-state index is -1.27. The Bertz CT molecular complexity index is 1530. The number of rotatable bonds is 8. The van der Waals surface area contributed by atoms with Gasteiger partial charge in [0.1, 0.15) is 11.4 Å². The number of nitrogens with one attached hydrogen (secondary N) is 1. The molecule has 5 atom stereocenters. The first kappa shape index (κ1) is 30.9. The zero-order valence-electron chi connectivity index (χ0n) is 26.3. The van der Waals surface area contributed by atoms with Crippen molar-refractivity contribution in [3.05, 3.63) is 71.0 Å². The van der Waals surface area contributed by atoms with E-state index < -0.39 is 46.9 Å². The molecule has 2 aliphatic heterocycles. The number of carbonyl (C=O) groups excluding carboxylic acids is 3. The summed E-state index contributed by atoms with van der Waals surface area (Å²) >= 11 is 0. The molecule has 11 heteroatoms. The summed E-state index contributed by atoms with van der Waals surface area (Å²) in [6, 6.07) is 12.4. The molecular formula is C34H40N2O9. The minimum Gasteiger partial charge on any atom is -0.493 e. The lowest BCUT2D eigenvalue weighted by Crippen LogP contribution is -2.74. The molecule has 2 aliphatic carbocycles. The van der Waals surface area contributed by atoms with Crippen LogP contribution in [0.2, 0.25) is 0 Å². The number of amides is 1. The van der Waals surface area contributed by atoms with Gasteiger partial charge in [0, 0.05) is 30.1 Å². The maximum Gasteiger partial charge on any atom is 0.509 e. The van der Waals surface area contributed by atoms with Gasteiger partial charge in [-0.15, -0.1) is 0 Å². The molecular weight excluding hydrogens is 580 g/mol. The zero-order valence-corrected chi connectivity index (χ0v) is 26.3. The fraction of sp³-hybridized carbons (Fsp3) is 0.500. The molecule has 2 aromatic rings. The summed E-state index contributed by atoms with van der Waals surface area (Å²) in [6.07, 6.45) is 0.264. The van der Waals surface area contributed by atoms with E-state index in [2.05, 4.69) is 10.2 Å². The van der Waals surface area contributed by atoms with Crippen LogP contribution in [0.15, 0.2) is 54.3 Å². The van der Waals surface area contributed by atoms with Gasteiger partial charge in [-0.25, -0.2) is 4.79 Å². The fourth-order valence-electron chi connectivity index (χ4n) is 7.42. The molecule has 2 heterocycles. The number of nitrogens with zero attached hydrogens (tertiary/aromatic N) is 1. The van der Waals surface area contributed by atoms with Gasteiger partial charge in [-0.1, -0.05) is 36.4 Å². The molecule has 1 amide bonds. The van der Waals surface area contributed by atoms with Gasteiger partial charge in [-0.05, 0) is 64.9 Å². The predicted molar refractivity (Wildman–Crippen MR) is 162 cm³/mol. The molecule has 45 heavy (non-hydrogen) atoms. The fourth-order valence-corrected chi connectivity index (χ4v) is 7.42. The van der Waals surface area contributed by atoms with Crippen molar-refractivity contribution in [2.75, 3.05) is 27.2 Å². The zero-order chi connectivity index (χ0) is 32.1. The van der Waals surface area contributed by atoms with Gasteiger partial charge in [0.15, 0.2) is 17.6 Å². The van der Waals surface area contributed by atoms with E-state index in [4.69, 9.17) is 23.7 Å². The minimum absolute atomic E-state index is 0.0579. The van der Waals surface area contributed by atoms with Gasteiger partial charge in [0.05, 0.1) is 24.5 Å². The van der Waals surface area contributed by atoms with Crippen LogP contribution in [0.1, 0.15) is 62.8 Å². The summed E-state index contributed by atoms with van der Waals surface area (Å²) in [5.41, 5.74) is -0.192. The van der Waals surface area contributed by atoms with E-state index in [-0.39, 0.29) is 19.0 Å². The van der Waals surface area contributed by atoms with Gasteiger partial charge in [-0.3, -0.25) is 9.59 Å². The normalized spacial score (nSPS) is 26.8. The summed E-state index contributed by atoms with van der Waals surface area (Å²) in [5, 5.41) is 15.0. The van der Waals surface area contributed by atoms with Crippen LogP contribution < -0.4 is 14.8 Å². The van der Waals surface area contributed by atoms with E-state index in [0.717, 1.165) is 17.7 Å². The molecule has 0 radical (unpaired) electrons. The van der Waals surface area contributed by atoms with E-state index in [1.54, 1.807) is 64.3 Å². The highest BCUT2D eigenvalue weighted by Gasteiger charge is 2.72. The molecule has 1 saturated heterocycles. The number of benzene rings is 2. The van der Waals surface area contributed by atoms with Crippen molar-refractivity contribution in [3.63, 3.8) is 0 Å². The largest absolute Gasteiger partial charge is 0.509 e. The van der Waals surface area contributed by atoms with Crippen molar-refractivity contribution in [3.8, 4) is 11.5 Å². The first-order chi connectivity index (χ1) is 21.4. The topological polar surface area (TPSA) is 133 Å². The van der Waals surface area contributed by atoms with Crippen molar-refractivity contribution in [1.29, 1.82) is 0 Å². The highest BCUT2D eigenvalue weighted by atomic mass is 16.7. The predicted octanol–water partition coefficient (Wildman–Crippen LogP) is 3.72. The molecule has 0 aromatic heterocycles. The molecule has 1 spiro atoms. The second kappa shape index (κ2) is 11.4. The van der Waals surface area contributed by atoms with Crippen molar-refractivity contribution in [2.24, 2.45) is 0 Å². The SMILES string of the molecule is COc1ccc2c3c1O[C@H]1C(OC(=O)CCNC(=O)[C@H](OC(=O)OC(C)(C)C)c4ccccc4)=CC[C@@]4(O)[C@@H](C2)N(C)CC[C@]314. The summed E-state index contributed by atoms with van der Waals surface area (Å²) in [5.74, 6) is 0.344. The van der Waals surface area contributed by atoms with Gasteiger partial charge in [0.25, 0.3) is 5.91 Å². The number of ether oxygens (including phenoxy) is 5. The van der Waals surface area contributed by atoms with E-state index in [0.29, 0.717) is 42.1 Å². The van der Waals surface area contributed by atoms with Crippen molar-refractivity contribution in [1.82, 2.24) is 10.2 Å². The first-order valence-corrected chi connectivity index (χ1v) is 15.3. The molecule has 0 saturated carbocycles. The number of likely N-dealkylation sites (N-methyl/N-ethyl adjacent to an activating group) is 1. The number of methoxy groups -OCH3 is 1. The Hall–Kier alpha value is -4.09. The second-order valence-electron chi connectivity index (χ2n) is 13.2. The first-order valence-electron chi connectivity index (χ1n) is 15.3. The number of likely N-dealkylation sites (tertiary alicyclic amines) is 1. The lowest BCUT2D eigenvalue weighted by atomic mass is 9.50. The van der Waals surface area contributed by atoms with Gasteiger partial charge < -0.3 is 39.0 Å². The summed E-state index contributed by atoms with van der Waals surface area (Å²) in [4.78, 5) is 40.9. The van der Waals surface area contributed by atoms with E-state index in [1.807, 2.05) is 19.2 Å². The molecule has 2 aromatic carbocycles. The maximum atomic E-state index is 13.1. The van der Waals surface area contributed by atoms with E-state index in [1.165, 1.54) is 0 Å². The molecule has 6 rings (SSSR count). The van der Waals surface area contributed by atoms with Crippen LogP contribution in [0.5, 0.6) is 11.5 Å². The molecule has 240 valence electrons. The van der Waals surface area contributed by atoms with Crippen LogP contribution in [-0.4, -0.2) is 78.6 Å². The summed E-state index contributed by atoms with van der Waals surface area (Å²) in [6.45, 7) is 5.79. The summed E-state index contributed by atoms with van der Waals surface area (Å²) < 4.78 is 28.7. The van der Waals surface area contributed by atoms with Gasteiger partial charge >= 0.3 is 12.1 Å². The third-order valence-corrected chi connectivity index (χ3v) is 9.36. The molecule has 0 unspecified atom stereocenters. The molecule has 4 aliphatic rings. The standard InChI is InChI=1S/C34H40N2O9/c1-32(2,3)45-31(39)44-27(20-9-7-6-8-10-20)30(38)35-17-14-25(37)42-23-13-15-34(40)24-19-21-11-12-22(41-5)28-26(21)33(34,29(23)43-28)16-18-36(24)4/h6-13,24,27,29,40H,14-19H2,1-5H3,(H,35,38)/t24-,27-,29+,33+,34-/m1/s1. The third-order valence-electron chi connectivity index (χ3n) is 9.36. The van der Waals surface area contributed by atoms with Crippen molar-refractivity contribution < 1.29 is 43.2 Å².